The lowest BCUT2D eigenvalue weighted by Gasteiger charge is -2.12. The Labute approximate surface area is 125 Å². The Bertz CT molecular complexity index is 553. The molecule has 118 valence electrons. The Kier molecular flexibility index (Phi) is 6.64. The third-order valence-corrected chi connectivity index (χ3v) is 4.37. The first kappa shape index (κ1) is 17.5. The first-order valence-corrected chi connectivity index (χ1v) is 8.28. The molecule has 0 aliphatic heterocycles. The molecule has 0 saturated heterocycles. The summed E-state index contributed by atoms with van der Waals surface area (Å²) in [6.45, 7) is 5.50. The standard InChI is InChI=1S/C14H21NO5S/c1-4-11(3)15-21(17,18)13-8-6-12(7-9-13)20-10-14(16)19-5-2/h6-9,11,15H,4-5,10H2,1-3H3/t11-/m0/s1. The van der Waals surface area contributed by atoms with Crippen molar-refractivity contribution in [1.29, 1.82) is 0 Å². The molecule has 0 spiro atoms. The number of nitrogens with one attached hydrogen (secondary N) is 1. The van der Waals surface area contributed by atoms with Crippen LogP contribution in [0, 0.1) is 0 Å². The number of carbonyl (C=O) groups excluding carboxylic acids is 1. The summed E-state index contributed by atoms with van der Waals surface area (Å²) in [5.41, 5.74) is 0. The highest BCUT2D eigenvalue weighted by Gasteiger charge is 2.16. The lowest BCUT2D eigenvalue weighted by Crippen LogP contribution is -2.31. The summed E-state index contributed by atoms with van der Waals surface area (Å²) in [5, 5.41) is 0. The van der Waals surface area contributed by atoms with E-state index in [-0.39, 0.29) is 17.5 Å². The molecule has 1 N–H and O–H groups in total. The van der Waals surface area contributed by atoms with E-state index in [0.717, 1.165) is 0 Å². The zero-order chi connectivity index (χ0) is 15.9. The van der Waals surface area contributed by atoms with Gasteiger partial charge in [0.15, 0.2) is 6.61 Å². The summed E-state index contributed by atoms with van der Waals surface area (Å²) in [5.74, 6) is -0.0572. The third-order valence-electron chi connectivity index (χ3n) is 2.76. The minimum absolute atomic E-state index is 0.130. The highest BCUT2D eigenvalue weighted by molar-refractivity contribution is 7.89. The summed E-state index contributed by atoms with van der Waals surface area (Å²) in [7, 11) is -3.53. The summed E-state index contributed by atoms with van der Waals surface area (Å²) in [6, 6.07) is 5.75. The molecule has 1 aromatic rings. The van der Waals surface area contributed by atoms with Gasteiger partial charge in [0.05, 0.1) is 11.5 Å². The lowest BCUT2D eigenvalue weighted by molar-refractivity contribution is -0.145. The van der Waals surface area contributed by atoms with E-state index in [1.807, 2.05) is 6.92 Å². The predicted octanol–water partition coefficient (Wildman–Crippen LogP) is 1.71. The number of benzene rings is 1. The van der Waals surface area contributed by atoms with Gasteiger partial charge in [0.25, 0.3) is 0 Å². The van der Waals surface area contributed by atoms with Crippen molar-refractivity contribution in [2.75, 3.05) is 13.2 Å². The van der Waals surface area contributed by atoms with E-state index >= 15 is 0 Å². The second-order valence-corrected chi connectivity index (χ2v) is 6.21. The van der Waals surface area contributed by atoms with Gasteiger partial charge in [-0.3, -0.25) is 0 Å². The minimum Gasteiger partial charge on any atom is -0.482 e. The Hall–Kier alpha value is -1.60. The van der Waals surface area contributed by atoms with Crippen LogP contribution in [0.3, 0.4) is 0 Å². The molecule has 1 rings (SSSR count). The number of rotatable bonds is 8. The van der Waals surface area contributed by atoms with E-state index in [1.165, 1.54) is 24.3 Å². The Morgan fingerprint density at radius 2 is 1.86 bits per heavy atom. The van der Waals surface area contributed by atoms with Crippen molar-refractivity contribution >= 4 is 16.0 Å². The molecule has 0 amide bonds. The number of ether oxygens (including phenoxy) is 2. The Morgan fingerprint density at radius 3 is 2.38 bits per heavy atom. The largest absolute Gasteiger partial charge is 0.482 e. The number of esters is 1. The number of hydrogen-bond acceptors (Lipinski definition) is 5. The van der Waals surface area contributed by atoms with Gasteiger partial charge in [-0.15, -0.1) is 0 Å². The van der Waals surface area contributed by atoms with E-state index in [0.29, 0.717) is 18.8 Å². The van der Waals surface area contributed by atoms with Gasteiger partial charge in [-0.25, -0.2) is 17.9 Å². The van der Waals surface area contributed by atoms with E-state index in [4.69, 9.17) is 9.47 Å². The van der Waals surface area contributed by atoms with Crippen LogP contribution in [-0.2, 0) is 19.6 Å². The van der Waals surface area contributed by atoms with Crippen molar-refractivity contribution < 1.29 is 22.7 Å². The maximum Gasteiger partial charge on any atom is 0.344 e. The Balaban J connectivity index is 2.67. The molecule has 6 nitrogen and oxygen atoms in total. The van der Waals surface area contributed by atoms with Gasteiger partial charge in [0.2, 0.25) is 10.0 Å². The molecule has 0 fully saturated rings. The predicted molar refractivity (Wildman–Crippen MR) is 78.6 cm³/mol. The van der Waals surface area contributed by atoms with E-state index < -0.39 is 16.0 Å². The van der Waals surface area contributed by atoms with Crippen molar-refractivity contribution in [3.63, 3.8) is 0 Å². The summed E-state index contributed by atoms with van der Waals surface area (Å²) < 4.78 is 36.6. The fraction of sp³-hybridized carbons (Fsp3) is 0.500. The van der Waals surface area contributed by atoms with Crippen LogP contribution in [0.5, 0.6) is 5.75 Å². The molecular formula is C14H21NO5S. The number of sulfonamides is 1. The molecule has 0 radical (unpaired) electrons. The van der Waals surface area contributed by atoms with Gasteiger partial charge >= 0.3 is 5.97 Å². The van der Waals surface area contributed by atoms with Crippen LogP contribution in [0.1, 0.15) is 27.2 Å². The lowest BCUT2D eigenvalue weighted by atomic mass is 10.3. The molecule has 0 heterocycles. The molecule has 0 aliphatic rings. The second kappa shape index (κ2) is 7.99. The molecule has 1 atom stereocenters. The maximum absolute atomic E-state index is 12.0. The SMILES string of the molecule is CCOC(=O)COc1ccc(S(=O)(=O)N[C@@H](C)CC)cc1. The third kappa shape index (κ3) is 5.73. The molecule has 7 heteroatoms. The van der Waals surface area contributed by atoms with E-state index in [1.54, 1.807) is 13.8 Å². The normalized spacial score (nSPS) is 12.7. The second-order valence-electron chi connectivity index (χ2n) is 4.50. The van der Waals surface area contributed by atoms with Gasteiger partial charge in [-0.2, -0.15) is 0 Å². The fourth-order valence-electron chi connectivity index (χ4n) is 1.48. The van der Waals surface area contributed by atoms with Crippen LogP contribution in [0.15, 0.2) is 29.2 Å². The van der Waals surface area contributed by atoms with Crippen molar-refractivity contribution in [1.82, 2.24) is 4.72 Å². The molecule has 0 unspecified atom stereocenters. The van der Waals surface area contributed by atoms with Crippen LogP contribution in [0.4, 0.5) is 0 Å². The van der Waals surface area contributed by atoms with Crippen LogP contribution in [-0.4, -0.2) is 33.6 Å². The highest BCUT2D eigenvalue weighted by Crippen LogP contribution is 2.16. The summed E-state index contributed by atoms with van der Waals surface area (Å²) >= 11 is 0. The van der Waals surface area contributed by atoms with Gasteiger partial charge < -0.3 is 9.47 Å². The van der Waals surface area contributed by atoms with Crippen molar-refractivity contribution in [2.45, 2.75) is 38.1 Å². The molecule has 0 bridgehead atoms. The van der Waals surface area contributed by atoms with Gasteiger partial charge in [-0.1, -0.05) is 6.92 Å². The van der Waals surface area contributed by atoms with Crippen LogP contribution >= 0.6 is 0 Å². The fourth-order valence-corrected chi connectivity index (χ4v) is 2.80. The van der Waals surface area contributed by atoms with Gasteiger partial charge in [0.1, 0.15) is 5.75 Å². The average molecular weight is 315 g/mol. The van der Waals surface area contributed by atoms with Crippen molar-refractivity contribution in [3.8, 4) is 5.75 Å². The first-order valence-electron chi connectivity index (χ1n) is 6.79. The smallest absolute Gasteiger partial charge is 0.344 e. The first-order chi connectivity index (χ1) is 9.89. The Morgan fingerprint density at radius 1 is 1.24 bits per heavy atom. The van der Waals surface area contributed by atoms with Gasteiger partial charge in [0, 0.05) is 6.04 Å². The monoisotopic (exact) mass is 315 g/mol. The molecular weight excluding hydrogens is 294 g/mol. The highest BCUT2D eigenvalue weighted by atomic mass is 32.2. The van der Waals surface area contributed by atoms with Crippen LogP contribution < -0.4 is 9.46 Å². The summed E-state index contributed by atoms with van der Waals surface area (Å²) in [6.07, 6.45) is 0.708. The quantitative estimate of drug-likeness (QED) is 0.739. The topological polar surface area (TPSA) is 81.7 Å². The average Bonchev–Trinajstić information content (AvgIpc) is 2.45. The van der Waals surface area contributed by atoms with Crippen molar-refractivity contribution in [3.05, 3.63) is 24.3 Å². The summed E-state index contributed by atoms with van der Waals surface area (Å²) in [4.78, 5) is 11.3. The molecule has 21 heavy (non-hydrogen) atoms. The molecule has 1 aromatic carbocycles. The molecule has 0 aliphatic carbocycles. The van der Waals surface area contributed by atoms with Crippen LogP contribution in [0.25, 0.3) is 0 Å². The number of carbonyl (C=O) groups is 1. The van der Waals surface area contributed by atoms with Crippen LogP contribution in [0.2, 0.25) is 0 Å². The van der Waals surface area contributed by atoms with E-state index in [2.05, 4.69) is 4.72 Å². The zero-order valence-electron chi connectivity index (χ0n) is 12.5. The van der Waals surface area contributed by atoms with E-state index in [9.17, 15) is 13.2 Å². The zero-order valence-corrected chi connectivity index (χ0v) is 13.3. The van der Waals surface area contributed by atoms with Crippen molar-refractivity contribution in [2.24, 2.45) is 0 Å². The molecule has 0 aromatic heterocycles. The minimum atomic E-state index is -3.53. The number of hydrogen-bond donors (Lipinski definition) is 1. The van der Waals surface area contributed by atoms with Gasteiger partial charge in [-0.05, 0) is 44.5 Å². The maximum atomic E-state index is 12.0. The molecule has 0 saturated carbocycles.